The predicted octanol–water partition coefficient (Wildman–Crippen LogP) is 3.46. The SMILES string of the molecule is CN1CCN(/C=C2/SCCN(c3ccc(Cl)c(Cl)c3)C2=O)C(F)C1. The second kappa shape index (κ2) is 7.52. The van der Waals surface area contributed by atoms with Gasteiger partial charge < -0.3 is 9.80 Å². The molecule has 1 aromatic rings. The first-order valence-corrected chi connectivity index (χ1v) is 9.40. The van der Waals surface area contributed by atoms with Gasteiger partial charge in [0.2, 0.25) is 0 Å². The van der Waals surface area contributed by atoms with E-state index in [0.29, 0.717) is 40.3 Å². The van der Waals surface area contributed by atoms with Gasteiger partial charge in [-0.15, -0.1) is 11.8 Å². The number of hydrogen-bond donors (Lipinski definition) is 0. The summed E-state index contributed by atoms with van der Waals surface area (Å²) in [6.07, 6.45) is 0.568. The van der Waals surface area contributed by atoms with Crippen LogP contribution in [0.4, 0.5) is 10.1 Å². The van der Waals surface area contributed by atoms with Gasteiger partial charge in [0.15, 0.2) is 6.30 Å². The molecule has 0 N–H and O–H groups in total. The zero-order valence-electron chi connectivity index (χ0n) is 13.2. The van der Waals surface area contributed by atoms with E-state index >= 15 is 0 Å². The van der Waals surface area contributed by atoms with Gasteiger partial charge in [-0.05, 0) is 25.2 Å². The number of likely N-dealkylation sites (N-methyl/N-ethyl adjacent to an activating group) is 1. The van der Waals surface area contributed by atoms with Crippen LogP contribution in [-0.4, -0.2) is 61.0 Å². The van der Waals surface area contributed by atoms with Gasteiger partial charge in [-0.3, -0.25) is 9.69 Å². The monoisotopic (exact) mass is 389 g/mol. The molecule has 130 valence electrons. The largest absolute Gasteiger partial charge is 0.345 e. The minimum absolute atomic E-state index is 0.129. The number of rotatable bonds is 2. The van der Waals surface area contributed by atoms with E-state index < -0.39 is 6.30 Å². The average molecular weight is 390 g/mol. The van der Waals surface area contributed by atoms with E-state index in [1.165, 1.54) is 11.8 Å². The third-order valence-electron chi connectivity index (χ3n) is 4.09. The van der Waals surface area contributed by atoms with Crippen LogP contribution in [0.3, 0.4) is 0 Å². The van der Waals surface area contributed by atoms with E-state index in [-0.39, 0.29) is 5.91 Å². The van der Waals surface area contributed by atoms with Crippen LogP contribution in [0.2, 0.25) is 10.0 Å². The highest BCUT2D eigenvalue weighted by atomic mass is 35.5. The number of carbonyl (C=O) groups is 1. The molecule has 1 aromatic carbocycles. The van der Waals surface area contributed by atoms with Crippen molar-refractivity contribution in [2.75, 3.05) is 43.9 Å². The number of piperazine rings is 1. The smallest absolute Gasteiger partial charge is 0.266 e. The molecule has 0 aromatic heterocycles. The molecule has 2 fully saturated rings. The van der Waals surface area contributed by atoms with Crippen LogP contribution >= 0.6 is 35.0 Å². The van der Waals surface area contributed by atoms with Crippen molar-refractivity contribution in [2.45, 2.75) is 6.30 Å². The molecule has 24 heavy (non-hydrogen) atoms. The summed E-state index contributed by atoms with van der Waals surface area (Å²) in [7, 11) is 1.89. The Bertz CT molecular complexity index is 673. The third kappa shape index (κ3) is 3.82. The fourth-order valence-corrected chi connectivity index (χ4v) is 3.94. The maximum absolute atomic E-state index is 14.2. The molecule has 1 unspecified atom stereocenters. The first-order valence-electron chi connectivity index (χ1n) is 7.65. The zero-order chi connectivity index (χ0) is 17.3. The van der Waals surface area contributed by atoms with E-state index in [1.807, 2.05) is 11.9 Å². The van der Waals surface area contributed by atoms with Crippen LogP contribution in [0.1, 0.15) is 0 Å². The lowest BCUT2D eigenvalue weighted by molar-refractivity contribution is -0.114. The maximum Gasteiger partial charge on any atom is 0.266 e. The first-order chi connectivity index (χ1) is 11.5. The summed E-state index contributed by atoms with van der Waals surface area (Å²) in [5, 5.41) is 0.862. The minimum Gasteiger partial charge on any atom is -0.345 e. The van der Waals surface area contributed by atoms with Crippen LogP contribution in [-0.2, 0) is 4.79 Å². The summed E-state index contributed by atoms with van der Waals surface area (Å²) in [5.74, 6) is 0.624. The topological polar surface area (TPSA) is 26.8 Å². The molecule has 0 saturated carbocycles. The van der Waals surface area contributed by atoms with Crippen LogP contribution in [0.25, 0.3) is 0 Å². The summed E-state index contributed by atoms with van der Waals surface area (Å²) < 4.78 is 14.2. The minimum atomic E-state index is -1.09. The number of thioether (sulfide) groups is 1. The van der Waals surface area contributed by atoms with Gasteiger partial charge >= 0.3 is 0 Å². The van der Waals surface area contributed by atoms with Crippen molar-refractivity contribution in [3.8, 4) is 0 Å². The lowest BCUT2D eigenvalue weighted by atomic mass is 10.2. The summed E-state index contributed by atoms with van der Waals surface area (Å²) in [5.41, 5.74) is 0.704. The molecule has 4 nitrogen and oxygen atoms in total. The second-order valence-corrected chi connectivity index (χ2v) is 7.78. The maximum atomic E-state index is 14.2. The Hall–Kier alpha value is -0.950. The molecule has 3 rings (SSSR count). The number of amides is 1. The number of halogens is 3. The van der Waals surface area contributed by atoms with Crippen molar-refractivity contribution in [2.24, 2.45) is 0 Å². The Morgan fingerprint density at radius 3 is 2.75 bits per heavy atom. The molecule has 2 aliphatic rings. The lowest BCUT2D eigenvalue weighted by Gasteiger charge is -2.36. The van der Waals surface area contributed by atoms with Gasteiger partial charge in [0.1, 0.15) is 0 Å². The number of benzene rings is 1. The van der Waals surface area contributed by atoms with E-state index in [1.54, 1.807) is 34.2 Å². The Balaban J connectivity index is 1.79. The molecule has 2 aliphatic heterocycles. The predicted molar refractivity (Wildman–Crippen MR) is 98.5 cm³/mol. The van der Waals surface area contributed by atoms with Crippen molar-refractivity contribution < 1.29 is 9.18 Å². The summed E-state index contributed by atoms with van der Waals surface area (Å²) >= 11 is 13.5. The number of anilines is 1. The highest BCUT2D eigenvalue weighted by molar-refractivity contribution is 8.04. The molecular weight excluding hydrogens is 372 g/mol. The average Bonchev–Trinajstić information content (AvgIpc) is 2.54. The Labute approximate surface area is 155 Å². The Kier molecular flexibility index (Phi) is 5.59. The molecule has 0 spiro atoms. The van der Waals surface area contributed by atoms with Crippen molar-refractivity contribution in [1.82, 2.24) is 9.80 Å². The fourth-order valence-electron chi connectivity index (χ4n) is 2.71. The van der Waals surface area contributed by atoms with Crippen LogP contribution < -0.4 is 4.90 Å². The van der Waals surface area contributed by atoms with E-state index in [9.17, 15) is 9.18 Å². The van der Waals surface area contributed by atoms with Crippen LogP contribution in [0.5, 0.6) is 0 Å². The van der Waals surface area contributed by atoms with Crippen molar-refractivity contribution in [1.29, 1.82) is 0 Å². The number of hydrogen-bond acceptors (Lipinski definition) is 4. The fraction of sp³-hybridized carbons (Fsp3) is 0.438. The van der Waals surface area contributed by atoms with Crippen molar-refractivity contribution >= 4 is 46.6 Å². The summed E-state index contributed by atoms with van der Waals surface area (Å²) in [4.78, 5) is 18.5. The number of carbonyl (C=O) groups excluding carboxylic acids is 1. The Morgan fingerprint density at radius 1 is 1.25 bits per heavy atom. The van der Waals surface area contributed by atoms with Gasteiger partial charge in [-0.25, -0.2) is 4.39 Å². The molecule has 0 aliphatic carbocycles. The van der Waals surface area contributed by atoms with Gasteiger partial charge in [0.05, 0.1) is 15.0 Å². The summed E-state index contributed by atoms with van der Waals surface area (Å²) in [6.45, 7) is 2.28. The van der Waals surface area contributed by atoms with E-state index in [2.05, 4.69) is 0 Å². The first kappa shape index (κ1) is 17.9. The normalized spacial score (nSPS) is 24.8. The molecule has 8 heteroatoms. The molecule has 1 amide bonds. The highest BCUT2D eigenvalue weighted by Crippen LogP contribution is 2.32. The van der Waals surface area contributed by atoms with Crippen molar-refractivity contribution in [3.05, 3.63) is 39.3 Å². The standard InChI is InChI=1S/C16H18Cl2FN3OS/c1-20-4-5-21(15(19)10-20)9-14-16(23)22(6-7-24-14)11-2-3-12(17)13(18)8-11/h2-3,8-9,15H,4-7,10H2,1H3/b14-9+. The highest BCUT2D eigenvalue weighted by Gasteiger charge is 2.29. The third-order valence-corrected chi connectivity index (χ3v) is 5.81. The van der Waals surface area contributed by atoms with Crippen LogP contribution in [0, 0.1) is 0 Å². The molecular formula is C16H18Cl2FN3OS. The van der Waals surface area contributed by atoms with Gasteiger partial charge in [0.25, 0.3) is 5.91 Å². The molecule has 1 atom stereocenters. The van der Waals surface area contributed by atoms with Gasteiger partial charge in [0, 0.05) is 43.8 Å². The molecule has 2 heterocycles. The van der Waals surface area contributed by atoms with Gasteiger partial charge in [-0.1, -0.05) is 23.2 Å². The molecule has 0 radical (unpaired) electrons. The summed E-state index contributed by atoms with van der Waals surface area (Å²) in [6, 6.07) is 5.13. The lowest BCUT2D eigenvalue weighted by Crippen LogP contribution is -2.48. The molecule has 0 bridgehead atoms. The van der Waals surface area contributed by atoms with E-state index in [0.717, 1.165) is 12.3 Å². The van der Waals surface area contributed by atoms with Gasteiger partial charge in [-0.2, -0.15) is 0 Å². The van der Waals surface area contributed by atoms with Crippen LogP contribution in [0.15, 0.2) is 29.3 Å². The Morgan fingerprint density at radius 2 is 2.04 bits per heavy atom. The van der Waals surface area contributed by atoms with Crippen molar-refractivity contribution in [3.63, 3.8) is 0 Å². The number of nitrogens with zero attached hydrogens (tertiary/aromatic N) is 3. The molecule has 2 saturated heterocycles. The zero-order valence-corrected chi connectivity index (χ0v) is 15.5. The number of alkyl halides is 1. The second-order valence-electron chi connectivity index (χ2n) is 5.83. The van der Waals surface area contributed by atoms with E-state index in [4.69, 9.17) is 23.2 Å². The quantitative estimate of drug-likeness (QED) is 0.571.